The second kappa shape index (κ2) is 16.6. The Morgan fingerprint density at radius 3 is 1.51 bits per heavy atom. The number of hydrogen-bond acceptors (Lipinski definition) is 15. The summed E-state index contributed by atoms with van der Waals surface area (Å²) in [4.78, 5) is 119. The summed E-state index contributed by atoms with van der Waals surface area (Å²) in [6, 6.07) is 5.71. The fraction of sp³-hybridized carbons (Fsp3) is 0.154. The van der Waals surface area contributed by atoms with E-state index in [1.54, 1.807) is 19.9 Å². The lowest BCUT2D eigenvalue weighted by atomic mass is 10.0. The van der Waals surface area contributed by atoms with Crippen LogP contribution in [0.4, 0.5) is 0 Å². The number of esters is 2. The number of carboxylic acids is 2. The third-order valence-electron chi connectivity index (χ3n) is 4.73. The van der Waals surface area contributed by atoms with Crippen molar-refractivity contribution in [1.82, 2.24) is 0 Å². The molecule has 2 aromatic heterocycles. The summed E-state index contributed by atoms with van der Waals surface area (Å²) in [7, 11) is 0. The van der Waals surface area contributed by atoms with Crippen LogP contribution < -0.4 is 22.5 Å². The number of rotatable bonds is 2. The van der Waals surface area contributed by atoms with E-state index < -0.39 is 46.4 Å². The van der Waals surface area contributed by atoms with Crippen molar-refractivity contribution in [3.05, 3.63) is 88.2 Å². The Labute approximate surface area is 236 Å². The van der Waals surface area contributed by atoms with Gasteiger partial charge < -0.3 is 23.8 Å². The topological polar surface area (TPSA) is 281 Å². The highest BCUT2D eigenvalue weighted by molar-refractivity contribution is 6.07. The van der Waals surface area contributed by atoms with E-state index in [2.05, 4.69) is 13.6 Å². The molecule has 2 aromatic carbocycles. The number of carbonyl (C=O) groups is 4. The molecule has 0 spiro atoms. The molecule has 0 saturated carbocycles. The zero-order valence-corrected chi connectivity index (χ0v) is 22.3. The van der Waals surface area contributed by atoms with Crippen LogP contribution in [0.3, 0.4) is 0 Å². The number of aryl methyl sites for hydroxylation is 2. The summed E-state index contributed by atoms with van der Waals surface area (Å²) in [6.45, 7) is 5.48. The SMILES string of the molecule is CC(=O)OC(C)=O.Cc1cc2c(=O)oc(=O)c2c2c(=O)oc(=O)c12.Cc1cccc(C(=O)O)c1C(=O)O.O=C=O.O=C=O. The molecule has 0 bridgehead atoms. The Balaban J connectivity index is 0.000000601. The first-order valence-electron chi connectivity index (χ1n) is 10.9. The van der Waals surface area contributed by atoms with Crippen LogP contribution in [0.25, 0.3) is 21.5 Å². The highest BCUT2D eigenvalue weighted by atomic mass is 16.6. The van der Waals surface area contributed by atoms with Crippen molar-refractivity contribution in [3.8, 4) is 0 Å². The van der Waals surface area contributed by atoms with Gasteiger partial charge >= 0.3 is 58.7 Å². The number of hydrogen-bond donors (Lipinski definition) is 2. The van der Waals surface area contributed by atoms with Gasteiger partial charge in [-0.25, -0.2) is 28.8 Å². The van der Waals surface area contributed by atoms with Crippen LogP contribution in [-0.4, -0.2) is 46.4 Å². The van der Waals surface area contributed by atoms with Crippen molar-refractivity contribution < 1.29 is 62.1 Å². The molecule has 0 unspecified atom stereocenters. The van der Waals surface area contributed by atoms with E-state index >= 15 is 0 Å². The molecule has 43 heavy (non-hydrogen) atoms. The van der Waals surface area contributed by atoms with Gasteiger partial charge in [-0.15, -0.1) is 0 Å². The fourth-order valence-electron chi connectivity index (χ4n) is 3.37. The Morgan fingerprint density at radius 1 is 0.674 bits per heavy atom. The first-order chi connectivity index (χ1) is 20.0. The molecule has 0 radical (unpaired) electrons. The Bertz CT molecular complexity index is 1930. The molecule has 4 rings (SSSR count). The van der Waals surface area contributed by atoms with Crippen LogP contribution in [0.15, 0.2) is 52.3 Å². The summed E-state index contributed by atoms with van der Waals surface area (Å²) in [6.07, 6.45) is 0.500. The maximum Gasteiger partial charge on any atom is 0.373 e. The van der Waals surface area contributed by atoms with Gasteiger partial charge in [0, 0.05) is 13.8 Å². The number of fused-ring (bicyclic) bond motifs is 3. The number of benzene rings is 2. The monoisotopic (exact) mass is 602 g/mol. The zero-order valence-electron chi connectivity index (χ0n) is 22.3. The number of carboxylic acid groups (broad SMARTS) is 2. The molecule has 0 aliphatic rings. The van der Waals surface area contributed by atoms with E-state index in [4.69, 9.17) is 29.4 Å². The minimum absolute atomic E-state index is 0.00194. The summed E-state index contributed by atoms with van der Waals surface area (Å²) >= 11 is 0. The minimum Gasteiger partial charge on any atom is -0.478 e. The highest BCUT2D eigenvalue weighted by Crippen LogP contribution is 2.20. The third kappa shape index (κ3) is 9.91. The van der Waals surface area contributed by atoms with Crippen LogP contribution >= 0.6 is 0 Å². The molecular weight excluding hydrogens is 584 g/mol. The molecule has 17 heteroatoms. The van der Waals surface area contributed by atoms with Crippen LogP contribution in [0.1, 0.15) is 45.7 Å². The maximum atomic E-state index is 11.5. The van der Waals surface area contributed by atoms with E-state index in [-0.39, 0.29) is 45.0 Å². The first kappa shape index (κ1) is 36.6. The minimum atomic E-state index is -1.22. The van der Waals surface area contributed by atoms with Crippen molar-refractivity contribution in [2.45, 2.75) is 27.7 Å². The number of ether oxygens (including phenoxy) is 1. The van der Waals surface area contributed by atoms with Gasteiger partial charge in [0.1, 0.15) is 0 Å². The second-order valence-corrected chi connectivity index (χ2v) is 7.58. The number of furan rings is 2. The molecule has 4 aromatic rings. The van der Waals surface area contributed by atoms with Crippen molar-refractivity contribution in [2.24, 2.45) is 0 Å². The Hall–Kier alpha value is -6.44. The predicted molar refractivity (Wildman–Crippen MR) is 136 cm³/mol. The van der Waals surface area contributed by atoms with Gasteiger partial charge in [0.05, 0.1) is 32.7 Å². The van der Waals surface area contributed by atoms with Crippen molar-refractivity contribution in [3.63, 3.8) is 0 Å². The maximum absolute atomic E-state index is 11.5. The van der Waals surface area contributed by atoms with E-state index in [0.717, 1.165) is 0 Å². The molecule has 2 N–H and O–H groups in total. The van der Waals surface area contributed by atoms with Gasteiger partial charge in [-0.2, -0.15) is 19.2 Å². The Morgan fingerprint density at radius 2 is 1.12 bits per heavy atom. The smallest absolute Gasteiger partial charge is 0.373 e. The number of aromatic carboxylic acids is 2. The van der Waals surface area contributed by atoms with Gasteiger partial charge in [-0.3, -0.25) is 9.59 Å². The van der Waals surface area contributed by atoms with Crippen LogP contribution in [0.5, 0.6) is 0 Å². The quantitative estimate of drug-likeness (QED) is 0.227. The van der Waals surface area contributed by atoms with Crippen molar-refractivity contribution in [1.29, 1.82) is 0 Å². The van der Waals surface area contributed by atoms with Gasteiger partial charge in [0.15, 0.2) is 0 Å². The first-order valence-corrected chi connectivity index (χ1v) is 10.9. The van der Waals surface area contributed by atoms with Crippen molar-refractivity contribution >= 4 is 57.7 Å². The zero-order chi connectivity index (χ0) is 33.6. The second-order valence-electron chi connectivity index (χ2n) is 7.58. The standard InChI is InChI=1S/C11H4O6.C9H8O4.C4H6O3.2CO2/c1-3-2-4-6(10(14)16-8(4)12)7-5(3)9(13)17-11(7)15;1-5-3-2-4-6(8(10)11)7(5)9(12)13;1-3(5)7-4(2)6;2*2-1-3/h2H,1H3;2-4H,1H3,(H,10,11)(H,12,13);1-2H3;;. The molecule has 224 valence electrons. The molecule has 2 heterocycles. The lowest BCUT2D eigenvalue weighted by molar-refractivity contribution is -0.193. The van der Waals surface area contributed by atoms with Crippen LogP contribution in [-0.2, 0) is 33.5 Å². The third-order valence-corrected chi connectivity index (χ3v) is 4.73. The molecule has 0 saturated heterocycles. The summed E-state index contributed by atoms with van der Waals surface area (Å²) < 4.78 is 12.8. The lowest BCUT2D eigenvalue weighted by Crippen LogP contribution is -2.09. The van der Waals surface area contributed by atoms with Crippen LogP contribution in [0, 0.1) is 13.8 Å². The van der Waals surface area contributed by atoms with Crippen molar-refractivity contribution in [2.75, 3.05) is 0 Å². The molecule has 0 aliphatic heterocycles. The van der Waals surface area contributed by atoms with Gasteiger partial charge in [0.25, 0.3) is 0 Å². The van der Waals surface area contributed by atoms with Crippen LogP contribution in [0.2, 0.25) is 0 Å². The molecular formula is C26H18O17. The van der Waals surface area contributed by atoms with E-state index in [1.165, 1.54) is 32.0 Å². The number of carbonyl (C=O) groups excluding carboxylic acids is 6. The normalized spacial score (nSPS) is 9.12. The lowest BCUT2D eigenvalue weighted by Gasteiger charge is -2.03. The molecule has 0 aliphatic carbocycles. The average molecular weight is 602 g/mol. The van der Waals surface area contributed by atoms with E-state index in [0.29, 0.717) is 11.1 Å². The average Bonchev–Trinajstić information content (AvgIpc) is 3.33. The summed E-state index contributed by atoms with van der Waals surface area (Å²) in [5.41, 5.74) is -2.93. The Kier molecular flexibility index (Phi) is 14.1. The fourth-order valence-corrected chi connectivity index (χ4v) is 3.37. The largest absolute Gasteiger partial charge is 0.478 e. The molecule has 0 atom stereocenters. The highest BCUT2D eigenvalue weighted by Gasteiger charge is 2.21. The summed E-state index contributed by atoms with van der Waals surface area (Å²) in [5, 5.41) is 17.1. The van der Waals surface area contributed by atoms with E-state index in [1.807, 2.05) is 0 Å². The van der Waals surface area contributed by atoms with Gasteiger partial charge in [0.2, 0.25) is 0 Å². The van der Waals surface area contributed by atoms with Gasteiger partial charge in [-0.05, 0) is 37.1 Å². The molecule has 0 amide bonds. The summed E-state index contributed by atoms with van der Waals surface area (Å²) in [5.74, 6) is -3.56. The molecule has 17 nitrogen and oxygen atoms in total. The van der Waals surface area contributed by atoms with Gasteiger partial charge in [-0.1, -0.05) is 12.1 Å². The predicted octanol–water partition coefficient (Wildman–Crippen LogP) is 0.124. The van der Waals surface area contributed by atoms with E-state index in [9.17, 15) is 38.4 Å². The molecule has 0 fully saturated rings.